The Hall–Kier alpha value is -0.0800. The maximum absolute atomic E-state index is 8.94. The van der Waals surface area contributed by atoms with Crippen LogP contribution in [-0.2, 0) is 0 Å². The summed E-state index contributed by atoms with van der Waals surface area (Å²) >= 11 is 0. The lowest BCUT2D eigenvalue weighted by Gasteiger charge is -2.46. The quantitative estimate of drug-likeness (QED) is 0.564. The average Bonchev–Trinajstić information content (AvgIpc) is 1.89. The molecule has 2 atom stereocenters. The van der Waals surface area contributed by atoms with Crippen molar-refractivity contribution in [1.29, 1.82) is 0 Å². The molecule has 1 aliphatic carbocycles. The molecule has 0 amide bonds. The van der Waals surface area contributed by atoms with Crippen LogP contribution in [0.15, 0.2) is 0 Å². The van der Waals surface area contributed by atoms with Crippen LogP contribution in [0.5, 0.6) is 0 Å². The SMILES string of the molecule is CNC1(CO)CCC1C. The lowest BCUT2D eigenvalue weighted by Crippen LogP contribution is -2.58. The second kappa shape index (κ2) is 2.27. The molecule has 54 valence electrons. The smallest absolute Gasteiger partial charge is 0.0615 e. The van der Waals surface area contributed by atoms with Gasteiger partial charge >= 0.3 is 0 Å². The standard InChI is InChI=1S/C7H15NO/c1-6-3-4-7(6,5-9)8-2/h6,8-9H,3-5H2,1-2H3. The Bertz CT molecular complexity index is 93.6. The van der Waals surface area contributed by atoms with Crippen LogP contribution in [0.2, 0.25) is 0 Å². The number of aliphatic hydroxyl groups is 1. The predicted octanol–water partition coefficient (Wildman–Crippen LogP) is 0.367. The van der Waals surface area contributed by atoms with Gasteiger partial charge in [0.05, 0.1) is 6.61 Å². The van der Waals surface area contributed by atoms with Crippen LogP contribution < -0.4 is 5.32 Å². The maximum atomic E-state index is 8.94. The van der Waals surface area contributed by atoms with Crippen molar-refractivity contribution >= 4 is 0 Å². The molecule has 0 heterocycles. The van der Waals surface area contributed by atoms with Crippen LogP contribution in [0.3, 0.4) is 0 Å². The van der Waals surface area contributed by atoms with Gasteiger partial charge in [-0.1, -0.05) is 6.92 Å². The van der Waals surface area contributed by atoms with E-state index < -0.39 is 0 Å². The summed E-state index contributed by atoms with van der Waals surface area (Å²) in [5.74, 6) is 0.646. The minimum absolute atomic E-state index is 0.0694. The number of hydrogen-bond donors (Lipinski definition) is 2. The third-order valence-corrected chi connectivity index (χ3v) is 2.75. The van der Waals surface area contributed by atoms with Crippen molar-refractivity contribution in [3.8, 4) is 0 Å². The van der Waals surface area contributed by atoms with E-state index in [4.69, 9.17) is 5.11 Å². The van der Waals surface area contributed by atoms with E-state index in [2.05, 4.69) is 12.2 Å². The summed E-state index contributed by atoms with van der Waals surface area (Å²) in [5, 5.41) is 12.1. The van der Waals surface area contributed by atoms with Gasteiger partial charge in [0.15, 0.2) is 0 Å². The highest BCUT2D eigenvalue weighted by atomic mass is 16.3. The summed E-state index contributed by atoms with van der Waals surface area (Å²) in [6.45, 7) is 2.46. The Balaban J connectivity index is 2.48. The fraction of sp³-hybridized carbons (Fsp3) is 1.00. The van der Waals surface area contributed by atoms with Gasteiger partial charge in [0.2, 0.25) is 0 Å². The fourth-order valence-corrected chi connectivity index (χ4v) is 1.47. The summed E-state index contributed by atoms with van der Waals surface area (Å²) in [5.41, 5.74) is 0.0694. The molecule has 1 fully saturated rings. The van der Waals surface area contributed by atoms with Crippen molar-refractivity contribution in [2.75, 3.05) is 13.7 Å². The van der Waals surface area contributed by atoms with Gasteiger partial charge in [-0.15, -0.1) is 0 Å². The monoisotopic (exact) mass is 129 g/mol. The first-order valence-corrected chi connectivity index (χ1v) is 3.55. The largest absolute Gasteiger partial charge is 0.394 e. The molecule has 1 saturated carbocycles. The first-order chi connectivity index (χ1) is 4.25. The zero-order valence-electron chi connectivity index (χ0n) is 6.15. The molecule has 0 spiro atoms. The third kappa shape index (κ3) is 0.864. The van der Waals surface area contributed by atoms with Crippen LogP contribution in [0, 0.1) is 5.92 Å². The Morgan fingerprint density at radius 1 is 1.78 bits per heavy atom. The molecule has 0 saturated heterocycles. The molecule has 0 aromatic heterocycles. The van der Waals surface area contributed by atoms with E-state index in [1.807, 2.05) is 7.05 Å². The summed E-state index contributed by atoms with van der Waals surface area (Å²) in [6.07, 6.45) is 2.38. The lowest BCUT2D eigenvalue weighted by molar-refractivity contribution is 0.0381. The van der Waals surface area contributed by atoms with E-state index in [0.29, 0.717) is 5.92 Å². The van der Waals surface area contributed by atoms with Gasteiger partial charge in [-0.05, 0) is 25.8 Å². The van der Waals surface area contributed by atoms with Crippen molar-refractivity contribution < 1.29 is 5.11 Å². The molecule has 1 aliphatic rings. The molecule has 2 N–H and O–H groups in total. The average molecular weight is 129 g/mol. The number of hydrogen-bond acceptors (Lipinski definition) is 2. The van der Waals surface area contributed by atoms with Crippen molar-refractivity contribution in [2.45, 2.75) is 25.3 Å². The highest BCUT2D eigenvalue weighted by molar-refractivity contribution is 4.99. The maximum Gasteiger partial charge on any atom is 0.0615 e. The van der Waals surface area contributed by atoms with Gasteiger partial charge in [0.25, 0.3) is 0 Å². The number of likely N-dealkylation sites (N-methyl/N-ethyl adjacent to an activating group) is 1. The van der Waals surface area contributed by atoms with E-state index in [0.717, 1.165) is 6.42 Å². The predicted molar refractivity (Wildman–Crippen MR) is 37.3 cm³/mol. The summed E-state index contributed by atoms with van der Waals surface area (Å²) in [4.78, 5) is 0. The summed E-state index contributed by atoms with van der Waals surface area (Å²) in [6, 6.07) is 0. The molecule has 0 aromatic rings. The first-order valence-electron chi connectivity index (χ1n) is 3.55. The first kappa shape index (κ1) is 7.03. The Labute approximate surface area is 56.3 Å². The van der Waals surface area contributed by atoms with E-state index >= 15 is 0 Å². The number of aliphatic hydroxyl groups excluding tert-OH is 1. The number of nitrogens with one attached hydrogen (secondary N) is 1. The van der Waals surface area contributed by atoms with Gasteiger partial charge in [-0.2, -0.15) is 0 Å². The Kier molecular flexibility index (Phi) is 1.78. The fourth-order valence-electron chi connectivity index (χ4n) is 1.47. The molecule has 0 bridgehead atoms. The third-order valence-electron chi connectivity index (χ3n) is 2.75. The Morgan fingerprint density at radius 2 is 2.44 bits per heavy atom. The zero-order chi connectivity index (χ0) is 6.91. The molecule has 9 heavy (non-hydrogen) atoms. The highest BCUT2D eigenvalue weighted by Gasteiger charge is 2.41. The molecule has 0 aliphatic heterocycles. The van der Waals surface area contributed by atoms with Gasteiger partial charge in [-0.3, -0.25) is 0 Å². The molecule has 2 unspecified atom stereocenters. The zero-order valence-corrected chi connectivity index (χ0v) is 6.15. The van der Waals surface area contributed by atoms with E-state index in [1.54, 1.807) is 0 Å². The Morgan fingerprint density at radius 3 is 2.44 bits per heavy atom. The topological polar surface area (TPSA) is 32.3 Å². The normalized spacial score (nSPS) is 42.3. The van der Waals surface area contributed by atoms with Crippen molar-refractivity contribution in [1.82, 2.24) is 5.32 Å². The van der Waals surface area contributed by atoms with Crippen LogP contribution in [0.4, 0.5) is 0 Å². The van der Waals surface area contributed by atoms with Crippen molar-refractivity contribution in [2.24, 2.45) is 5.92 Å². The second-order valence-electron chi connectivity index (χ2n) is 3.00. The second-order valence-corrected chi connectivity index (χ2v) is 3.00. The molecule has 2 nitrogen and oxygen atoms in total. The van der Waals surface area contributed by atoms with Crippen molar-refractivity contribution in [3.63, 3.8) is 0 Å². The van der Waals surface area contributed by atoms with Gasteiger partial charge < -0.3 is 10.4 Å². The minimum atomic E-state index is 0.0694. The lowest BCUT2D eigenvalue weighted by atomic mass is 9.68. The van der Waals surface area contributed by atoms with E-state index in [-0.39, 0.29) is 12.1 Å². The van der Waals surface area contributed by atoms with Gasteiger partial charge in [0, 0.05) is 5.54 Å². The van der Waals surface area contributed by atoms with E-state index in [9.17, 15) is 0 Å². The molecule has 1 rings (SSSR count). The van der Waals surface area contributed by atoms with Crippen LogP contribution >= 0.6 is 0 Å². The molecular weight excluding hydrogens is 114 g/mol. The van der Waals surface area contributed by atoms with Gasteiger partial charge in [-0.25, -0.2) is 0 Å². The molecular formula is C7H15NO. The van der Waals surface area contributed by atoms with Crippen LogP contribution in [0.25, 0.3) is 0 Å². The molecule has 2 heteroatoms. The van der Waals surface area contributed by atoms with Crippen LogP contribution in [-0.4, -0.2) is 24.3 Å². The minimum Gasteiger partial charge on any atom is -0.394 e. The summed E-state index contributed by atoms with van der Waals surface area (Å²) in [7, 11) is 1.92. The number of rotatable bonds is 2. The summed E-state index contributed by atoms with van der Waals surface area (Å²) < 4.78 is 0. The molecule has 0 radical (unpaired) electrons. The van der Waals surface area contributed by atoms with Crippen molar-refractivity contribution in [3.05, 3.63) is 0 Å². The highest BCUT2D eigenvalue weighted by Crippen LogP contribution is 2.37. The van der Waals surface area contributed by atoms with Gasteiger partial charge in [0.1, 0.15) is 0 Å². The molecule has 0 aromatic carbocycles. The van der Waals surface area contributed by atoms with E-state index in [1.165, 1.54) is 6.42 Å². The van der Waals surface area contributed by atoms with Crippen LogP contribution in [0.1, 0.15) is 19.8 Å².